The molecule has 1 rings (SSSR count). The zero-order valence-electron chi connectivity index (χ0n) is 11.0. The van der Waals surface area contributed by atoms with Crippen LogP contribution in [-0.2, 0) is 13.6 Å². The Labute approximate surface area is 112 Å². The molecule has 0 fully saturated rings. The second kappa shape index (κ2) is 8.01. The molecule has 0 spiro atoms. The van der Waals surface area contributed by atoms with Gasteiger partial charge in [0.25, 0.3) is 5.91 Å². The molecule has 0 saturated carbocycles. The van der Waals surface area contributed by atoms with Gasteiger partial charge in [-0.05, 0) is 26.0 Å². The minimum Gasteiger partial charge on any atom is -0.308 e. The molecular weight excluding hydrogens is 269 g/mol. The summed E-state index contributed by atoms with van der Waals surface area (Å²) in [7, 11) is -3.21. The Kier molecular flexibility index (Phi) is 6.66. The molecule has 2 N–H and O–H groups in total. The molecule has 8 heteroatoms. The SMILES string of the molecule is CCOP(=O)(CNNC(=O)c1ccncc1)OCC. The van der Waals surface area contributed by atoms with Gasteiger partial charge >= 0.3 is 7.60 Å². The van der Waals surface area contributed by atoms with Crippen LogP contribution in [0.25, 0.3) is 0 Å². The fourth-order valence-electron chi connectivity index (χ4n) is 1.31. The molecule has 0 saturated heterocycles. The van der Waals surface area contributed by atoms with Gasteiger partial charge in [0.1, 0.15) is 6.29 Å². The maximum absolute atomic E-state index is 12.1. The summed E-state index contributed by atoms with van der Waals surface area (Å²) in [6, 6.07) is 3.14. The molecule has 1 aromatic heterocycles. The third kappa shape index (κ3) is 5.48. The number of rotatable bonds is 8. The van der Waals surface area contributed by atoms with Crippen molar-refractivity contribution in [3.8, 4) is 0 Å². The summed E-state index contributed by atoms with van der Waals surface area (Å²) in [4.78, 5) is 15.5. The summed E-state index contributed by atoms with van der Waals surface area (Å²) < 4.78 is 22.2. The lowest BCUT2D eigenvalue weighted by atomic mass is 10.3. The lowest BCUT2D eigenvalue weighted by Crippen LogP contribution is -2.38. The molecule has 1 amide bonds. The third-order valence-corrected chi connectivity index (χ3v) is 3.92. The summed E-state index contributed by atoms with van der Waals surface area (Å²) in [5.74, 6) is -0.345. The zero-order chi connectivity index (χ0) is 14.1. The number of hydrazine groups is 1. The van der Waals surface area contributed by atoms with Crippen LogP contribution in [0, 0.1) is 0 Å². The normalized spacial score (nSPS) is 11.3. The number of pyridine rings is 1. The summed E-state index contributed by atoms with van der Waals surface area (Å²) in [5.41, 5.74) is 5.43. The van der Waals surface area contributed by atoms with Crippen LogP contribution in [0.3, 0.4) is 0 Å². The summed E-state index contributed by atoms with van der Waals surface area (Å²) in [5, 5.41) is 0. The zero-order valence-corrected chi connectivity index (χ0v) is 11.9. The number of nitrogens with one attached hydrogen (secondary N) is 2. The van der Waals surface area contributed by atoms with E-state index in [4.69, 9.17) is 9.05 Å². The second-order valence-corrected chi connectivity index (χ2v) is 5.53. The van der Waals surface area contributed by atoms with Crippen LogP contribution in [0.4, 0.5) is 0 Å². The van der Waals surface area contributed by atoms with Crippen LogP contribution in [0.2, 0.25) is 0 Å². The van der Waals surface area contributed by atoms with Crippen LogP contribution < -0.4 is 10.9 Å². The van der Waals surface area contributed by atoms with Gasteiger partial charge in [-0.3, -0.25) is 19.8 Å². The molecular formula is C11H18N3O4P. The molecule has 0 aliphatic heterocycles. The largest absolute Gasteiger partial charge is 0.346 e. The van der Waals surface area contributed by atoms with Gasteiger partial charge in [0, 0.05) is 18.0 Å². The highest BCUT2D eigenvalue weighted by atomic mass is 31.2. The molecule has 0 radical (unpaired) electrons. The molecule has 0 aliphatic carbocycles. The van der Waals surface area contributed by atoms with Crippen molar-refractivity contribution < 1.29 is 18.4 Å². The molecule has 0 aliphatic rings. The topological polar surface area (TPSA) is 89.6 Å². The van der Waals surface area contributed by atoms with E-state index < -0.39 is 7.60 Å². The number of hydrogen-bond donors (Lipinski definition) is 2. The van der Waals surface area contributed by atoms with Crippen molar-refractivity contribution in [2.45, 2.75) is 13.8 Å². The Balaban J connectivity index is 2.44. The smallest absolute Gasteiger partial charge is 0.308 e. The number of nitrogens with zero attached hydrogens (tertiary/aromatic N) is 1. The van der Waals surface area contributed by atoms with E-state index in [9.17, 15) is 9.36 Å². The minimum atomic E-state index is -3.21. The van der Waals surface area contributed by atoms with Crippen molar-refractivity contribution >= 4 is 13.5 Å². The average molecular weight is 287 g/mol. The van der Waals surface area contributed by atoms with Crippen molar-refractivity contribution in [1.82, 2.24) is 15.8 Å². The van der Waals surface area contributed by atoms with Gasteiger partial charge in [-0.25, -0.2) is 5.43 Å². The molecule has 0 unspecified atom stereocenters. The number of carbonyl (C=O) groups is 1. The van der Waals surface area contributed by atoms with E-state index in [1.54, 1.807) is 26.0 Å². The maximum atomic E-state index is 12.1. The lowest BCUT2D eigenvalue weighted by molar-refractivity contribution is 0.0935. The van der Waals surface area contributed by atoms with Crippen LogP contribution in [-0.4, -0.2) is 30.4 Å². The van der Waals surface area contributed by atoms with Gasteiger partial charge < -0.3 is 9.05 Å². The second-order valence-electron chi connectivity index (χ2n) is 3.47. The summed E-state index contributed by atoms with van der Waals surface area (Å²) in [6.45, 7) is 4.00. The fraction of sp³-hybridized carbons (Fsp3) is 0.455. The monoisotopic (exact) mass is 287 g/mol. The van der Waals surface area contributed by atoms with Crippen LogP contribution >= 0.6 is 7.60 Å². The summed E-state index contributed by atoms with van der Waals surface area (Å²) >= 11 is 0. The van der Waals surface area contributed by atoms with Gasteiger partial charge in [-0.2, -0.15) is 0 Å². The number of carbonyl (C=O) groups excluding carboxylic acids is 1. The van der Waals surface area contributed by atoms with E-state index in [1.165, 1.54) is 12.4 Å². The van der Waals surface area contributed by atoms with Gasteiger partial charge in [-0.1, -0.05) is 0 Å². The van der Waals surface area contributed by atoms with Crippen molar-refractivity contribution in [3.63, 3.8) is 0 Å². The standard InChI is InChI=1S/C11H18N3O4P/c1-3-17-19(16,18-4-2)9-13-14-11(15)10-5-7-12-8-6-10/h5-8,13H,3-4,9H2,1-2H3,(H,14,15). The predicted molar refractivity (Wildman–Crippen MR) is 70.6 cm³/mol. The van der Waals surface area contributed by atoms with Gasteiger partial charge in [0.05, 0.1) is 13.2 Å². The van der Waals surface area contributed by atoms with Crippen LogP contribution in [0.15, 0.2) is 24.5 Å². The molecule has 0 atom stereocenters. The molecule has 7 nitrogen and oxygen atoms in total. The lowest BCUT2D eigenvalue weighted by Gasteiger charge is -2.17. The van der Waals surface area contributed by atoms with E-state index in [0.717, 1.165) is 0 Å². The molecule has 1 heterocycles. The van der Waals surface area contributed by atoms with E-state index in [-0.39, 0.29) is 25.4 Å². The van der Waals surface area contributed by atoms with Crippen LogP contribution in [0.1, 0.15) is 24.2 Å². The van der Waals surface area contributed by atoms with Crippen molar-refractivity contribution in [2.75, 3.05) is 19.5 Å². The van der Waals surface area contributed by atoms with E-state index in [0.29, 0.717) is 5.56 Å². The molecule has 19 heavy (non-hydrogen) atoms. The fourth-order valence-corrected chi connectivity index (χ4v) is 2.63. The first kappa shape index (κ1) is 15.8. The average Bonchev–Trinajstić information content (AvgIpc) is 2.40. The molecule has 0 aromatic carbocycles. The number of hydrogen-bond acceptors (Lipinski definition) is 6. The highest BCUT2D eigenvalue weighted by Crippen LogP contribution is 2.46. The quantitative estimate of drug-likeness (QED) is 0.557. The van der Waals surface area contributed by atoms with Gasteiger partial charge in [-0.15, -0.1) is 0 Å². The van der Waals surface area contributed by atoms with Crippen LogP contribution in [0.5, 0.6) is 0 Å². The minimum absolute atomic E-state index is 0.0918. The first-order chi connectivity index (χ1) is 9.11. The van der Waals surface area contributed by atoms with E-state index in [2.05, 4.69) is 15.8 Å². The Morgan fingerprint density at radius 3 is 2.37 bits per heavy atom. The number of aromatic nitrogens is 1. The van der Waals surface area contributed by atoms with Crippen molar-refractivity contribution in [1.29, 1.82) is 0 Å². The Bertz CT molecular complexity index is 431. The maximum Gasteiger partial charge on any atom is 0.346 e. The molecule has 106 valence electrons. The predicted octanol–water partition coefficient (Wildman–Crippen LogP) is 1.54. The Morgan fingerprint density at radius 1 is 1.26 bits per heavy atom. The Morgan fingerprint density at radius 2 is 1.84 bits per heavy atom. The first-order valence-electron chi connectivity index (χ1n) is 5.92. The third-order valence-electron chi connectivity index (χ3n) is 2.07. The van der Waals surface area contributed by atoms with Gasteiger partial charge in [0.2, 0.25) is 0 Å². The molecule has 0 bridgehead atoms. The first-order valence-corrected chi connectivity index (χ1v) is 7.65. The van der Waals surface area contributed by atoms with Crippen molar-refractivity contribution in [3.05, 3.63) is 30.1 Å². The molecule has 1 aromatic rings. The summed E-state index contributed by atoms with van der Waals surface area (Å²) in [6.07, 6.45) is 2.94. The highest BCUT2D eigenvalue weighted by Gasteiger charge is 2.23. The van der Waals surface area contributed by atoms with E-state index >= 15 is 0 Å². The highest BCUT2D eigenvalue weighted by molar-refractivity contribution is 7.53. The number of amides is 1. The van der Waals surface area contributed by atoms with E-state index in [1.807, 2.05) is 0 Å². The van der Waals surface area contributed by atoms with Gasteiger partial charge in [0.15, 0.2) is 0 Å². The Hall–Kier alpha value is -1.27. The van der Waals surface area contributed by atoms with Crippen molar-refractivity contribution in [2.24, 2.45) is 0 Å².